The highest BCUT2D eigenvalue weighted by molar-refractivity contribution is 7.43. The molecule has 1 aromatic heterocycles. The van der Waals surface area contributed by atoms with Gasteiger partial charge in [0.25, 0.3) is 5.56 Å². The van der Waals surface area contributed by atoms with Crippen LogP contribution in [-0.4, -0.2) is 68.0 Å². The lowest BCUT2D eigenvalue weighted by molar-refractivity contribution is -0.343. The number of hydrogen-bond donors (Lipinski definition) is 7. The topological polar surface area (TPSA) is 241 Å². The van der Waals surface area contributed by atoms with E-state index >= 15 is 0 Å². The molecule has 14 nitrogen and oxygen atoms in total. The van der Waals surface area contributed by atoms with E-state index in [1.54, 1.807) is 24.3 Å². The van der Waals surface area contributed by atoms with E-state index in [9.17, 15) is 34.5 Å². The van der Waals surface area contributed by atoms with Crippen LogP contribution >= 0.6 is 7.82 Å². The summed E-state index contributed by atoms with van der Waals surface area (Å²) in [7, 11) is -5.31. The number of aliphatic hydroxyl groups is 3. The van der Waals surface area contributed by atoms with Crippen LogP contribution in [-0.2, 0) is 15.5 Å². The zero-order valence-electron chi connectivity index (χ0n) is 18.9. The highest BCUT2D eigenvalue weighted by Gasteiger charge is 2.27. The zero-order valence-corrected chi connectivity index (χ0v) is 19.8. The summed E-state index contributed by atoms with van der Waals surface area (Å²) < 4.78 is 14.4. The van der Waals surface area contributed by atoms with Gasteiger partial charge in [0.15, 0.2) is 11.5 Å². The summed E-state index contributed by atoms with van der Waals surface area (Å²) in [6, 6.07) is 6.36. The molecule has 192 valence electrons. The highest BCUT2D eigenvalue weighted by Crippen LogP contribution is 2.27. The number of anilines is 3. The van der Waals surface area contributed by atoms with Crippen LogP contribution in [0.15, 0.2) is 34.1 Å². The number of nitrogens with two attached hydrogens (primary N) is 1. The predicted octanol–water partition coefficient (Wildman–Crippen LogP) is -1.79. The number of aliphatic imine (C=N–C) groups is 1. The minimum Gasteiger partial charge on any atom is -0.790 e. The van der Waals surface area contributed by atoms with Crippen molar-refractivity contribution in [3.63, 3.8) is 0 Å². The van der Waals surface area contributed by atoms with E-state index in [0.717, 1.165) is 5.69 Å². The lowest BCUT2D eigenvalue weighted by Crippen LogP contribution is -2.41. The molecule has 1 aliphatic rings. The Morgan fingerprint density at radius 2 is 1.89 bits per heavy atom. The van der Waals surface area contributed by atoms with E-state index in [1.807, 2.05) is 13.8 Å². The largest absolute Gasteiger partial charge is 0.790 e. The number of H-pyrrole nitrogens is 1. The first-order chi connectivity index (χ1) is 16.3. The van der Waals surface area contributed by atoms with Crippen LogP contribution in [0.1, 0.15) is 19.4 Å². The van der Waals surface area contributed by atoms with Gasteiger partial charge in [0, 0.05) is 12.1 Å². The summed E-state index contributed by atoms with van der Waals surface area (Å²) in [5, 5.41) is 36.2. The molecule has 2 aromatic rings. The standard InChI is InChI=1S/C20H29N6O8P/c1-9(15-10(2)23-18-16(24-15)19(30)26-20(21)25-18)22-12-5-3-11(4-6-12)7-13(27)17(29)14(28)8-34-35(31,32)33/h3-6,9-10,13-14,17,22,27-29H,7-8H2,1-2H3,(H2,31,32,33)(H4,21,23,25,26,30)/p-2/t9-,10+,13+,14-,17+/m1/s1. The van der Waals surface area contributed by atoms with Crippen molar-refractivity contribution in [3.05, 3.63) is 40.2 Å². The van der Waals surface area contributed by atoms with Crippen LogP contribution in [0.2, 0.25) is 0 Å². The van der Waals surface area contributed by atoms with Crippen molar-refractivity contribution >= 4 is 36.7 Å². The number of aliphatic hydroxyl groups excluding tert-OH is 3. The lowest BCUT2D eigenvalue weighted by atomic mass is 10.00. The van der Waals surface area contributed by atoms with Gasteiger partial charge >= 0.3 is 0 Å². The van der Waals surface area contributed by atoms with Crippen molar-refractivity contribution in [2.24, 2.45) is 4.99 Å². The van der Waals surface area contributed by atoms with Crippen molar-refractivity contribution < 1.29 is 34.2 Å². The number of phosphoric ester groups is 1. The van der Waals surface area contributed by atoms with E-state index < -0.39 is 38.3 Å². The average molecular weight is 510 g/mol. The third-order valence-electron chi connectivity index (χ3n) is 5.37. The second-order valence-corrected chi connectivity index (χ2v) is 9.34. The van der Waals surface area contributed by atoms with Crippen molar-refractivity contribution in [3.8, 4) is 0 Å². The van der Waals surface area contributed by atoms with Crippen LogP contribution in [0.3, 0.4) is 0 Å². The quantitative estimate of drug-likeness (QED) is 0.175. The lowest BCUT2D eigenvalue weighted by Gasteiger charge is -2.31. The Bertz CT molecular complexity index is 1170. The predicted molar refractivity (Wildman–Crippen MR) is 124 cm³/mol. The summed E-state index contributed by atoms with van der Waals surface area (Å²) >= 11 is 0. The third kappa shape index (κ3) is 7.08. The number of hydrogen-bond acceptors (Lipinski definition) is 13. The van der Waals surface area contributed by atoms with E-state index in [1.165, 1.54) is 0 Å². The number of phosphoric acid groups is 1. The van der Waals surface area contributed by atoms with Crippen LogP contribution in [0.25, 0.3) is 0 Å². The highest BCUT2D eigenvalue weighted by atomic mass is 31.2. The molecule has 0 aliphatic carbocycles. The van der Waals surface area contributed by atoms with Crippen molar-refractivity contribution in [1.82, 2.24) is 9.97 Å². The molecule has 0 bridgehead atoms. The van der Waals surface area contributed by atoms with Crippen molar-refractivity contribution in [1.29, 1.82) is 0 Å². The van der Waals surface area contributed by atoms with Gasteiger partial charge in [0.1, 0.15) is 12.2 Å². The van der Waals surface area contributed by atoms with Gasteiger partial charge in [-0.15, -0.1) is 0 Å². The van der Waals surface area contributed by atoms with Crippen LogP contribution in [0, 0.1) is 0 Å². The van der Waals surface area contributed by atoms with Crippen molar-refractivity contribution in [2.45, 2.75) is 50.7 Å². The first-order valence-electron chi connectivity index (χ1n) is 10.6. The molecule has 2 heterocycles. The van der Waals surface area contributed by atoms with Crippen LogP contribution in [0.5, 0.6) is 0 Å². The van der Waals surface area contributed by atoms with E-state index in [4.69, 9.17) is 5.73 Å². The Labute approximate surface area is 200 Å². The number of rotatable bonds is 10. The molecule has 0 spiro atoms. The third-order valence-corrected chi connectivity index (χ3v) is 5.83. The van der Waals surface area contributed by atoms with Crippen LogP contribution in [0.4, 0.5) is 23.1 Å². The normalized spacial score (nSPS) is 19.1. The Kier molecular flexibility index (Phi) is 8.28. The van der Waals surface area contributed by atoms with Gasteiger partial charge in [-0.2, -0.15) is 4.98 Å². The molecule has 0 saturated heterocycles. The van der Waals surface area contributed by atoms with E-state index in [-0.39, 0.29) is 30.1 Å². The molecule has 5 atom stereocenters. The van der Waals surface area contributed by atoms with Gasteiger partial charge in [-0.25, -0.2) is 4.99 Å². The Balaban J connectivity index is 1.61. The van der Waals surface area contributed by atoms with E-state index in [2.05, 4.69) is 30.1 Å². The van der Waals surface area contributed by atoms with Gasteiger partial charge in [0.05, 0.1) is 38.3 Å². The number of fused-ring (bicyclic) bond motifs is 1. The number of nitrogen functional groups attached to an aromatic ring is 1. The fourth-order valence-electron chi connectivity index (χ4n) is 3.61. The SMILES string of the molecule is C[C@@H]1Nc2nc(N)[nH]c(=O)c2N=C1[C@@H](C)Nc1ccc(C[C@H](O)[C@H](O)[C@H](O)COP(=O)([O-])[O-])cc1. The maximum absolute atomic E-state index is 12.2. The van der Waals surface area contributed by atoms with Crippen molar-refractivity contribution in [2.75, 3.05) is 23.0 Å². The maximum atomic E-state index is 12.2. The minimum absolute atomic E-state index is 0.00502. The molecule has 3 rings (SSSR count). The fraction of sp³-hybridized carbons (Fsp3) is 0.450. The molecule has 0 unspecified atom stereocenters. The van der Waals surface area contributed by atoms with Crippen LogP contribution < -0.4 is 31.7 Å². The second kappa shape index (κ2) is 10.8. The molecule has 0 amide bonds. The first kappa shape index (κ1) is 26.8. The minimum atomic E-state index is -5.31. The number of benzene rings is 1. The van der Waals surface area contributed by atoms with Gasteiger partial charge in [-0.1, -0.05) is 12.1 Å². The first-order valence-corrected chi connectivity index (χ1v) is 12.1. The second-order valence-electron chi connectivity index (χ2n) is 8.19. The monoisotopic (exact) mass is 510 g/mol. The molecule has 1 aromatic carbocycles. The molecule has 35 heavy (non-hydrogen) atoms. The van der Waals surface area contributed by atoms with Gasteiger partial charge < -0.3 is 50.6 Å². The fourth-order valence-corrected chi connectivity index (χ4v) is 3.95. The molecular formula is C20H27N6O8P-2. The van der Waals surface area contributed by atoms with Gasteiger partial charge in [-0.05, 0) is 31.5 Å². The maximum Gasteiger partial charge on any atom is 0.280 e. The summed E-state index contributed by atoms with van der Waals surface area (Å²) in [4.78, 5) is 44.1. The van der Waals surface area contributed by atoms with E-state index in [0.29, 0.717) is 17.1 Å². The zero-order chi connectivity index (χ0) is 25.9. The molecule has 15 heteroatoms. The average Bonchev–Trinajstić information content (AvgIpc) is 2.77. The Hall–Kier alpha value is -2.84. The summed E-state index contributed by atoms with van der Waals surface area (Å²) in [6.07, 6.45) is -4.98. The molecule has 0 saturated carbocycles. The number of nitrogens with one attached hydrogen (secondary N) is 3. The van der Waals surface area contributed by atoms with Gasteiger partial charge in [-0.3, -0.25) is 9.78 Å². The number of aromatic amines is 1. The molecule has 0 fully saturated rings. The number of nitrogens with zero attached hydrogens (tertiary/aromatic N) is 2. The molecule has 1 aliphatic heterocycles. The summed E-state index contributed by atoms with van der Waals surface area (Å²) in [5.74, 6) is 0.307. The Morgan fingerprint density at radius 3 is 2.51 bits per heavy atom. The molecular weight excluding hydrogens is 483 g/mol. The summed E-state index contributed by atoms with van der Waals surface area (Å²) in [6.45, 7) is 2.79. The Morgan fingerprint density at radius 1 is 1.23 bits per heavy atom. The molecule has 0 radical (unpaired) electrons. The number of aromatic nitrogens is 2. The smallest absolute Gasteiger partial charge is 0.280 e. The van der Waals surface area contributed by atoms with Gasteiger partial charge in [0.2, 0.25) is 5.95 Å². The summed E-state index contributed by atoms with van der Waals surface area (Å²) in [5.41, 5.74) is 7.29. The molecule has 8 N–H and O–H groups in total.